The second kappa shape index (κ2) is 15.7. The average Bonchev–Trinajstić information content (AvgIpc) is 4.09. The molecule has 3 aromatic heterocycles. The number of carbonyl (C=O) groups excluding carboxylic acids is 2. The molecular weight excluding hydrogens is 699 g/mol. The van der Waals surface area contributed by atoms with Crippen LogP contribution in [-0.4, -0.2) is 82.8 Å². The van der Waals surface area contributed by atoms with Crippen molar-refractivity contribution in [2.24, 2.45) is 0 Å². The van der Waals surface area contributed by atoms with Gasteiger partial charge in [0.1, 0.15) is 17.7 Å². The Balaban J connectivity index is 0.856. The van der Waals surface area contributed by atoms with Crippen molar-refractivity contribution in [1.82, 2.24) is 44.8 Å². The summed E-state index contributed by atoms with van der Waals surface area (Å²) in [6, 6.07) is 28.9. The van der Waals surface area contributed by atoms with E-state index in [1.54, 1.807) is 0 Å². The zero-order valence-electron chi connectivity index (χ0n) is 32.0. The van der Waals surface area contributed by atoms with Gasteiger partial charge in [-0.05, 0) is 92.4 Å². The Kier molecular flexibility index (Phi) is 10.1. The van der Waals surface area contributed by atoms with Crippen LogP contribution in [0.4, 0.5) is 0 Å². The van der Waals surface area contributed by atoms with Gasteiger partial charge in [-0.3, -0.25) is 19.6 Å². The molecule has 6 aromatic rings. The first-order chi connectivity index (χ1) is 27.5. The monoisotopic (exact) mass is 747 g/mol. The van der Waals surface area contributed by atoms with Crippen LogP contribution >= 0.6 is 0 Å². The quantitative estimate of drug-likeness (QED) is 0.130. The maximum Gasteiger partial charge on any atom is 0.245 e. The van der Waals surface area contributed by atoms with Crippen LogP contribution < -0.4 is 0 Å². The van der Waals surface area contributed by atoms with Gasteiger partial charge in [0.05, 0.1) is 48.0 Å². The van der Waals surface area contributed by atoms with Gasteiger partial charge in [0.2, 0.25) is 11.8 Å². The highest BCUT2D eigenvalue weighted by Gasteiger charge is 2.39. The van der Waals surface area contributed by atoms with Crippen LogP contribution in [0.25, 0.3) is 33.6 Å². The van der Waals surface area contributed by atoms with Crippen molar-refractivity contribution < 1.29 is 9.59 Å². The van der Waals surface area contributed by atoms with Crippen LogP contribution in [0.3, 0.4) is 0 Å². The largest absolute Gasteiger partial charge is 0.340 e. The number of hydrogen-bond donors (Lipinski definition) is 3. The minimum Gasteiger partial charge on any atom is -0.340 e. The van der Waals surface area contributed by atoms with E-state index in [4.69, 9.17) is 9.97 Å². The van der Waals surface area contributed by atoms with E-state index in [1.807, 2.05) is 48.5 Å². The lowest BCUT2D eigenvalue weighted by molar-refractivity contribution is -0.139. The highest BCUT2D eigenvalue weighted by molar-refractivity contribution is 5.84. The Morgan fingerprint density at radius 1 is 0.679 bits per heavy atom. The van der Waals surface area contributed by atoms with Crippen molar-refractivity contribution in [1.29, 1.82) is 0 Å². The van der Waals surface area contributed by atoms with Crippen LogP contribution in [0.1, 0.15) is 91.7 Å². The lowest BCUT2D eigenvalue weighted by Gasteiger charge is -2.37. The number of likely N-dealkylation sites (tertiary alicyclic amines) is 3. The Bertz CT molecular complexity index is 2270. The second-order valence-corrected chi connectivity index (χ2v) is 15.6. The summed E-state index contributed by atoms with van der Waals surface area (Å²) in [5.41, 5.74) is 9.02. The number of H-pyrrole nitrogens is 3. The van der Waals surface area contributed by atoms with Crippen LogP contribution in [0.5, 0.6) is 0 Å². The fourth-order valence-corrected chi connectivity index (χ4v) is 8.95. The van der Waals surface area contributed by atoms with Crippen LogP contribution in [-0.2, 0) is 16.0 Å². The summed E-state index contributed by atoms with van der Waals surface area (Å²) in [7, 11) is 0. The molecule has 3 saturated heterocycles. The van der Waals surface area contributed by atoms with Gasteiger partial charge in [0.25, 0.3) is 0 Å². The topological polar surface area (TPSA) is 130 Å². The molecule has 11 heteroatoms. The van der Waals surface area contributed by atoms with Gasteiger partial charge in [0.15, 0.2) is 0 Å². The molecule has 0 radical (unpaired) electrons. The van der Waals surface area contributed by atoms with Crippen molar-refractivity contribution in [3.63, 3.8) is 0 Å². The summed E-state index contributed by atoms with van der Waals surface area (Å²) < 4.78 is 0. The number of rotatable bonds is 10. The van der Waals surface area contributed by atoms with Crippen molar-refractivity contribution in [3.05, 3.63) is 126 Å². The van der Waals surface area contributed by atoms with Gasteiger partial charge in [-0.2, -0.15) is 5.10 Å². The minimum atomic E-state index is -0.256. The first-order valence-electron chi connectivity index (χ1n) is 20.2. The maximum atomic E-state index is 14.3. The average molecular weight is 748 g/mol. The minimum absolute atomic E-state index is 0.0592. The van der Waals surface area contributed by atoms with Gasteiger partial charge in [-0.25, -0.2) is 9.97 Å². The molecule has 3 aromatic carbocycles. The Morgan fingerprint density at radius 2 is 1.23 bits per heavy atom. The lowest BCUT2D eigenvalue weighted by atomic mass is 10.00. The van der Waals surface area contributed by atoms with Crippen LogP contribution in [0.15, 0.2) is 97.3 Å². The molecule has 0 bridgehead atoms. The summed E-state index contributed by atoms with van der Waals surface area (Å²) in [4.78, 5) is 50.5. The highest BCUT2D eigenvalue weighted by Crippen LogP contribution is 2.37. The molecule has 3 atom stereocenters. The molecule has 11 nitrogen and oxygen atoms in total. The van der Waals surface area contributed by atoms with Crippen molar-refractivity contribution in [2.75, 3.05) is 26.2 Å². The van der Waals surface area contributed by atoms with Crippen LogP contribution in [0, 0.1) is 6.92 Å². The highest BCUT2D eigenvalue weighted by atomic mass is 16.2. The molecule has 3 aliphatic rings. The number of nitrogens with zero attached hydrogens (tertiary/aromatic N) is 6. The molecule has 0 aliphatic carbocycles. The number of hydrogen-bond acceptors (Lipinski definition) is 6. The van der Waals surface area contributed by atoms with E-state index in [9.17, 15) is 9.59 Å². The van der Waals surface area contributed by atoms with Gasteiger partial charge < -0.3 is 19.8 Å². The number of carbonyl (C=O) groups is 2. The molecule has 0 spiro atoms. The Morgan fingerprint density at radius 3 is 1.80 bits per heavy atom. The fraction of sp³-hybridized carbons (Fsp3) is 0.356. The molecule has 3 N–H and O–H groups in total. The fourth-order valence-electron chi connectivity index (χ4n) is 8.95. The summed E-state index contributed by atoms with van der Waals surface area (Å²) >= 11 is 0. The van der Waals surface area contributed by atoms with Gasteiger partial charge in [-0.15, -0.1) is 0 Å². The van der Waals surface area contributed by atoms with Gasteiger partial charge in [0, 0.05) is 18.8 Å². The normalized spacial score (nSPS) is 19.4. The molecule has 3 aliphatic heterocycles. The molecule has 6 heterocycles. The number of nitrogens with one attached hydrogen (secondary N) is 3. The first kappa shape index (κ1) is 35.9. The molecule has 3 fully saturated rings. The van der Waals surface area contributed by atoms with E-state index < -0.39 is 0 Å². The molecule has 56 heavy (non-hydrogen) atoms. The Labute approximate surface area is 327 Å². The second-order valence-electron chi connectivity index (χ2n) is 15.6. The Hall–Kier alpha value is -5.81. The van der Waals surface area contributed by atoms with Gasteiger partial charge in [-0.1, -0.05) is 85.3 Å². The molecular formula is C45H49N9O2. The molecule has 0 saturated carbocycles. The van der Waals surface area contributed by atoms with Crippen molar-refractivity contribution in [2.45, 2.75) is 76.4 Å². The predicted octanol–water partition coefficient (Wildman–Crippen LogP) is 7.96. The van der Waals surface area contributed by atoms with E-state index >= 15 is 0 Å². The number of aryl methyl sites for hydroxylation is 1. The number of imidazole rings is 2. The number of aromatic nitrogens is 6. The third-order valence-corrected chi connectivity index (χ3v) is 11.9. The molecule has 9 rings (SSSR count). The number of piperidine rings is 1. The predicted molar refractivity (Wildman–Crippen MR) is 216 cm³/mol. The van der Waals surface area contributed by atoms with E-state index in [0.717, 1.165) is 127 Å². The summed E-state index contributed by atoms with van der Waals surface area (Å²) in [6.07, 6.45) is 11.3. The van der Waals surface area contributed by atoms with Crippen LogP contribution in [0.2, 0.25) is 0 Å². The summed E-state index contributed by atoms with van der Waals surface area (Å²) in [5, 5.41) is 7.17. The van der Waals surface area contributed by atoms with Crippen molar-refractivity contribution >= 4 is 11.8 Å². The standard InChI is InChI=1S/C45H49N9O2/c1-30-26-36(51-50-30)27-41(55)53-24-8-12-39(53)43-46-28-37(48-43)33-18-14-31(15-19-33)32-16-20-34(21-17-32)38-29-47-44(49-38)40-13-9-25-54(40)45(56)42(35-10-4-2-5-11-35)52-22-6-3-7-23-52/h2,4-5,10-11,14-21,26,28-29,39-40,42H,3,6-9,12-13,22-25,27H2,1H3,(H,46,48)(H,47,49)(H,50,51)/t39-,40-,42+/m0/s1. The summed E-state index contributed by atoms with van der Waals surface area (Å²) in [5.74, 6) is 1.94. The van der Waals surface area contributed by atoms with E-state index in [2.05, 4.69) is 90.6 Å². The van der Waals surface area contributed by atoms with E-state index in [1.165, 1.54) is 6.42 Å². The van der Waals surface area contributed by atoms with E-state index in [-0.39, 0.29) is 36.4 Å². The molecule has 286 valence electrons. The zero-order valence-corrected chi connectivity index (χ0v) is 32.0. The zero-order chi connectivity index (χ0) is 38.0. The third kappa shape index (κ3) is 7.31. The number of benzene rings is 3. The summed E-state index contributed by atoms with van der Waals surface area (Å²) in [6.45, 7) is 5.33. The molecule has 0 unspecified atom stereocenters. The smallest absolute Gasteiger partial charge is 0.245 e. The number of amides is 2. The van der Waals surface area contributed by atoms with E-state index in [0.29, 0.717) is 0 Å². The lowest BCUT2D eigenvalue weighted by Crippen LogP contribution is -2.44. The van der Waals surface area contributed by atoms with Crippen molar-refractivity contribution in [3.8, 4) is 33.6 Å². The van der Waals surface area contributed by atoms with Gasteiger partial charge >= 0.3 is 0 Å². The first-order valence-corrected chi connectivity index (χ1v) is 20.2. The third-order valence-electron chi connectivity index (χ3n) is 11.9. The molecule has 2 amide bonds. The number of aromatic amines is 3. The SMILES string of the molecule is Cc1cc(CC(=O)N2CCC[C@H]2c2ncc(-c3ccc(-c4ccc(-c5cnc([C@@H]6CCCN6C(=O)[C@@H](c6ccccc6)N6CCCCC6)[nH]5)cc4)cc3)[nH]2)n[nH]1. The maximum absolute atomic E-state index is 14.3.